The summed E-state index contributed by atoms with van der Waals surface area (Å²) in [5.41, 5.74) is 2.95. The lowest BCUT2D eigenvalue weighted by Crippen LogP contribution is -2.12. The number of nitrogens with one attached hydrogen (secondary N) is 2. The van der Waals surface area contributed by atoms with Crippen molar-refractivity contribution in [3.8, 4) is 0 Å². The summed E-state index contributed by atoms with van der Waals surface area (Å²) in [7, 11) is -3.66. The Morgan fingerprint density at radius 1 is 0.964 bits per heavy atom. The lowest BCUT2D eigenvalue weighted by Gasteiger charge is -2.10. The summed E-state index contributed by atoms with van der Waals surface area (Å²) in [4.78, 5) is 13.0. The molecular weight excluding hydrogens is 376 g/mol. The predicted molar refractivity (Wildman–Crippen MR) is 108 cm³/mol. The largest absolute Gasteiger partial charge is 0.370 e. The van der Waals surface area contributed by atoms with Gasteiger partial charge < -0.3 is 10.6 Å². The van der Waals surface area contributed by atoms with Gasteiger partial charge in [0.25, 0.3) is 0 Å². The summed E-state index contributed by atoms with van der Waals surface area (Å²) in [6.07, 6.45) is 4.21. The molecule has 0 amide bonds. The molecule has 0 spiro atoms. The number of sulfonamides is 1. The number of aromatic nitrogens is 3. The number of aryl methyl sites for hydroxylation is 1. The first-order valence-corrected chi connectivity index (χ1v) is 10.3. The molecule has 8 nitrogen and oxygen atoms in total. The first kappa shape index (κ1) is 19.7. The van der Waals surface area contributed by atoms with Crippen molar-refractivity contribution >= 4 is 21.8 Å². The highest BCUT2D eigenvalue weighted by Gasteiger charge is 2.07. The summed E-state index contributed by atoms with van der Waals surface area (Å²) in [5.74, 6) is 1.28. The van der Waals surface area contributed by atoms with Crippen LogP contribution in [0.2, 0.25) is 0 Å². The van der Waals surface area contributed by atoms with Gasteiger partial charge in [-0.05, 0) is 48.7 Å². The molecule has 0 aliphatic heterocycles. The monoisotopic (exact) mass is 398 g/mol. The zero-order valence-corrected chi connectivity index (χ0v) is 16.3. The summed E-state index contributed by atoms with van der Waals surface area (Å²) < 4.78 is 22.6. The third kappa shape index (κ3) is 5.73. The zero-order valence-electron chi connectivity index (χ0n) is 15.5. The van der Waals surface area contributed by atoms with Gasteiger partial charge in [0.15, 0.2) is 0 Å². The third-order valence-electron chi connectivity index (χ3n) is 4.03. The highest BCUT2D eigenvalue weighted by molar-refractivity contribution is 7.89. The van der Waals surface area contributed by atoms with Crippen LogP contribution >= 0.6 is 0 Å². The van der Waals surface area contributed by atoms with Crippen molar-refractivity contribution in [1.29, 1.82) is 0 Å². The van der Waals surface area contributed by atoms with Crippen LogP contribution in [0.5, 0.6) is 0 Å². The van der Waals surface area contributed by atoms with Crippen LogP contribution < -0.4 is 15.8 Å². The second kappa shape index (κ2) is 8.77. The molecular formula is C19H22N6O2S. The molecule has 0 radical (unpaired) electrons. The van der Waals surface area contributed by atoms with E-state index in [1.165, 1.54) is 12.1 Å². The van der Waals surface area contributed by atoms with Crippen molar-refractivity contribution in [1.82, 2.24) is 15.0 Å². The van der Waals surface area contributed by atoms with E-state index in [0.717, 1.165) is 22.6 Å². The normalized spacial score (nSPS) is 11.2. The Bertz CT molecular complexity index is 1020. The van der Waals surface area contributed by atoms with Crippen LogP contribution in [0.15, 0.2) is 59.8 Å². The van der Waals surface area contributed by atoms with Crippen LogP contribution in [-0.2, 0) is 23.0 Å². The smallest absolute Gasteiger partial charge is 0.238 e. The molecule has 3 aromatic rings. The molecule has 3 rings (SSSR count). The number of hydrogen-bond acceptors (Lipinski definition) is 7. The highest BCUT2D eigenvalue weighted by atomic mass is 32.2. The van der Waals surface area contributed by atoms with E-state index in [1.54, 1.807) is 24.5 Å². The Morgan fingerprint density at radius 3 is 2.36 bits per heavy atom. The van der Waals surface area contributed by atoms with Crippen LogP contribution in [0.4, 0.5) is 11.8 Å². The second-order valence-electron chi connectivity index (χ2n) is 6.29. The Kier molecular flexibility index (Phi) is 6.17. The van der Waals surface area contributed by atoms with E-state index in [0.29, 0.717) is 25.5 Å². The fraction of sp³-hybridized carbons (Fsp3) is 0.211. The fourth-order valence-corrected chi connectivity index (χ4v) is 3.12. The van der Waals surface area contributed by atoms with Gasteiger partial charge in [-0.25, -0.2) is 18.5 Å². The molecule has 2 heterocycles. The van der Waals surface area contributed by atoms with Gasteiger partial charge in [0, 0.05) is 37.2 Å². The van der Waals surface area contributed by atoms with Crippen molar-refractivity contribution in [2.45, 2.75) is 24.8 Å². The molecule has 2 aromatic heterocycles. The molecule has 1 aromatic carbocycles. The minimum Gasteiger partial charge on any atom is -0.370 e. The quantitative estimate of drug-likeness (QED) is 0.531. The summed E-state index contributed by atoms with van der Waals surface area (Å²) >= 11 is 0. The van der Waals surface area contributed by atoms with Gasteiger partial charge in [0.05, 0.1) is 4.90 Å². The molecule has 146 valence electrons. The molecule has 0 aliphatic rings. The van der Waals surface area contributed by atoms with E-state index in [9.17, 15) is 8.42 Å². The van der Waals surface area contributed by atoms with E-state index < -0.39 is 10.0 Å². The maximum Gasteiger partial charge on any atom is 0.238 e. The van der Waals surface area contributed by atoms with Crippen LogP contribution in [0.1, 0.15) is 16.8 Å². The van der Waals surface area contributed by atoms with Gasteiger partial charge in [-0.3, -0.25) is 4.98 Å². The first-order valence-electron chi connectivity index (χ1n) is 8.74. The Morgan fingerprint density at radius 2 is 1.68 bits per heavy atom. The minimum absolute atomic E-state index is 0.112. The standard InChI is InChI=1S/C19H22N6O2S/c1-14-12-18(25-19(24-14)23-13-16-6-9-21-10-7-16)22-11-8-15-2-4-17(5-3-15)28(20,26)27/h2-7,9-10,12H,8,11,13H2,1H3,(H2,20,26,27)(H2,22,23,24,25). The lowest BCUT2D eigenvalue weighted by atomic mass is 10.1. The fourth-order valence-electron chi connectivity index (χ4n) is 2.60. The van der Waals surface area contributed by atoms with Gasteiger partial charge in [0.1, 0.15) is 5.82 Å². The first-order chi connectivity index (χ1) is 13.4. The van der Waals surface area contributed by atoms with Crippen molar-refractivity contribution in [3.63, 3.8) is 0 Å². The topological polar surface area (TPSA) is 123 Å². The molecule has 28 heavy (non-hydrogen) atoms. The van der Waals surface area contributed by atoms with Gasteiger partial charge in [0.2, 0.25) is 16.0 Å². The summed E-state index contributed by atoms with van der Waals surface area (Å²) in [5, 5.41) is 11.6. The summed E-state index contributed by atoms with van der Waals surface area (Å²) in [6, 6.07) is 12.3. The molecule has 9 heteroatoms. The molecule has 4 N–H and O–H groups in total. The highest BCUT2D eigenvalue weighted by Crippen LogP contribution is 2.12. The number of benzene rings is 1. The Labute approximate surface area is 164 Å². The minimum atomic E-state index is -3.66. The van der Waals surface area contributed by atoms with E-state index in [4.69, 9.17) is 5.14 Å². The predicted octanol–water partition coefficient (Wildman–Crippen LogP) is 2.09. The van der Waals surface area contributed by atoms with E-state index >= 15 is 0 Å². The lowest BCUT2D eigenvalue weighted by molar-refractivity contribution is 0.598. The molecule has 0 fully saturated rings. The molecule has 0 unspecified atom stereocenters. The number of anilines is 2. The maximum absolute atomic E-state index is 11.3. The summed E-state index contributed by atoms with van der Waals surface area (Å²) in [6.45, 7) is 3.17. The van der Waals surface area contributed by atoms with Crippen LogP contribution in [-0.4, -0.2) is 29.9 Å². The van der Waals surface area contributed by atoms with Gasteiger partial charge >= 0.3 is 0 Å². The van der Waals surface area contributed by atoms with Crippen LogP contribution in [0, 0.1) is 6.92 Å². The third-order valence-corrected chi connectivity index (χ3v) is 4.96. The number of nitrogens with zero attached hydrogens (tertiary/aromatic N) is 3. The average Bonchev–Trinajstić information content (AvgIpc) is 2.67. The van der Waals surface area contributed by atoms with E-state index in [2.05, 4.69) is 25.6 Å². The number of primary sulfonamides is 1. The van der Waals surface area contributed by atoms with Crippen molar-refractivity contribution < 1.29 is 8.42 Å². The second-order valence-corrected chi connectivity index (χ2v) is 7.85. The number of nitrogens with two attached hydrogens (primary N) is 1. The molecule has 0 saturated heterocycles. The molecule has 0 aliphatic carbocycles. The Balaban J connectivity index is 1.56. The van der Waals surface area contributed by atoms with Crippen molar-refractivity contribution in [2.24, 2.45) is 5.14 Å². The van der Waals surface area contributed by atoms with Crippen LogP contribution in [0.3, 0.4) is 0 Å². The van der Waals surface area contributed by atoms with Gasteiger partial charge in [-0.2, -0.15) is 4.98 Å². The van der Waals surface area contributed by atoms with E-state index in [1.807, 2.05) is 25.1 Å². The maximum atomic E-state index is 11.3. The molecule has 0 atom stereocenters. The molecule has 0 saturated carbocycles. The van der Waals surface area contributed by atoms with E-state index in [-0.39, 0.29) is 4.90 Å². The number of rotatable bonds is 8. The van der Waals surface area contributed by atoms with Crippen molar-refractivity contribution in [2.75, 3.05) is 17.2 Å². The van der Waals surface area contributed by atoms with Crippen molar-refractivity contribution in [3.05, 3.63) is 71.7 Å². The zero-order chi connectivity index (χ0) is 20.0. The molecule has 0 bridgehead atoms. The number of hydrogen-bond donors (Lipinski definition) is 3. The SMILES string of the molecule is Cc1cc(NCCc2ccc(S(N)(=O)=O)cc2)nc(NCc2ccncc2)n1. The van der Waals surface area contributed by atoms with Crippen LogP contribution in [0.25, 0.3) is 0 Å². The van der Waals surface area contributed by atoms with Gasteiger partial charge in [-0.1, -0.05) is 12.1 Å². The number of pyridine rings is 1. The Hall–Kier alpha value is -3.04. The average molecular weight is 398 g/mol. The van der Waals surface area contributed by atoms with Gasteiger partial charge in [-0.15, -0.1) is 0 Å².